The van der Waals surface area contributed by atoms with Crippen LogP contribution in [0.3, 0.4) is 0 Å². The van der Waals surface area contributed by atoms with Crippen molar-refractivity contribution in [1.29, 1.82) is 0 Å². The molecule has 7 nitrogen and oxygen atoms in total. The Labute approximate surface area is 178 Å². The second-order valence-corrected chi connectivity index (χ2v) is 6.90. The molecule has 1 heterocycles. The zero-order valence-electron chi connectivity index (χ0n) is 16.4. The Morgan fingerprint density at radius 3 is 1.97 bits per heavy atom. The van der Waals surface area contributed by atoms with Gasteiger partial charge in [0.15, 0.2) is 0 Å². The maximum absolute atomic E-state index is 11.2. The molecule has 0 bridgehead atoms. The first-order valence-electron chi connectivity index (χ1n) is 9.56. The summed E-state index contributed by atoms with van der Waals surface area (Å²) in [6.07, 6.45) is 1.88. The molecule has 7 heteroatoms. The third-order valence-electron chi connectivity index (χ3n) is 4.83. The van der Waals surface area contributed by atoms with E-state index in [0.29, 0.717) is 12.2 Å². The minimum atomic E-state index is -0.987. The highest BCUT2D eigenvalue weighted by Gasteiger charge is 2.14. The van der Waals surface area contributed by atoms with E-state index >= 15 is 0 Å². The van der Waals surface area contributed by atoms with Crippen LogP contribution in [-0.2, 0) is 6.54 Å². The number of nitrogens with zero attached hydrogens (tertiary/aromatic N) is 2. The fourth-order valence-electron chi connectivity index (χ4n) is 3.20. The molecule has 0 aliphatic rings. The van der Waals surface area contributed by atoms with Gasteiger partial charge in [-0.25, -0.2) is 14.3 Å². The van der Waals surface area contributed by atoms with E-state index in [1.54, 1.807) is 41.1 Å². The topological polar surface area (TPSA) is 104 Å². The summed E-state index contributed by atoms with van der Waals surface area (Å²) in [5.74, 6) is -1.97. The predicted molar refractivity (Wildman–Crippen MR) is 117 cm³/mol. The van der Waals surface area contributed by atoms with E-state index in [9.17, 15) is 9.59 Å². The summed E-state index contributed by atoms with van der Waals surface area (Å²) in [7, 11) is 0. The van der Waals surface area contributed by atoms with Gasteiger partial charge in [0.05, 0.1) is 22.5 Å². The van der Waals surface area contributed by atoms with Crippen molar-refractivity contribution >= 4 is 17.6 Å². The Balaban J connectivity index is 1.70. The van der Waals surface area contributed by atoms with Crippen molar-refractivity contribution in [2.24, 2.45) is 0 Å². The predicted octanol–water partition coefficient (Wildman–Crippen LogP) is 4.55. The van der Waals surface area contributed by atoms with Gasteiger partial charge in [-0.05, 0) is 48.5 Å². The van der Waals surface area contributed by atoms with E-state index in [4.69, 9.17) is 15.3 Å². The monoisotopic (exact) mass is 413 g/mol. The first kappa shape index (κ1) is 19.9. The van der Waals surface area contributed by atoms with E-state index < -0.39 is 11.9 Å². The molecule has 4 aromatic rings. The van der Waals surface area contributed by atoms with Crippen LogP contribution in [0.5, 0.6) is 0 Å². The van der Waals surface area contributed by atoms with E-state index in [1.165, 1.54) is 12.1 Å². The van der Waals surface area contributed by atoms with Crippen LogP contribution in [0.1, 0.15) is 26.3 Å². The molecule has 4 rings (SSSR count). The number of para-hydroxylation sites is 1. The van der Waals surface area contributed by atoms with Crippen molar-refractivity contribution in [3.8, 4) is 16.9 Å². The molecule has 0 fully saturated rings. The number of nitrogens with one attached hydrogen (secondary N) is 1. The first-order valence-corrected chi connectivity index (χ1v) is 9.56. The number of benzene rings is 3. The summed E-state index contributed by atoms with van der Waals surface area (Å²) >= 11 is 0. The fourth-order valence-corrected chi connectivity index (χ4v) is 3.20. The SMILES string of the molecule is O=C(O)c1ccc(-c2nn(-c3ccc(C(=O)O)cc3)cc2CNc2ccccc2)cc1. The van der Waals surface area contributed by atoms with Gasteiger partial charge in [-0.1, -0.05) is 30.3 Å². The van der Waals surface area contributed by atoms with Gasteiger partial charge in [0.2, 0.25) is 0 Å². The van der Waals surface area contributed by atoms with Crippen molar-refractivity contribution in [1.82, 2.24) is 9.78 Å². The number of aromatic carboxylic acids is 2. The molecule has 0 aliphatic heterocycles. The van der Waals surface area contributed by atoms with Gasteiger partial charge >= 0.3 is 11.9 Å². The van der Waals surface area contributed by atoms with Crippen LogP contribution in [0.4, 0.5) is 5.69 Å². The smallest absolute Gasteiger partial charge is 0.335 e. The molecular weight excluding hydrogens is 394 g/mol. The van der Waals surface area contributed by atoms with Crippen molar-refractivity contribution in [2.45, 2.75) is 6.54 Å². The van der Waals surface area contributed by atoms with E-state index in [0.717, 1.165) is 22.5 Å². The molecule has 0 spiro atoms. The summed E-state index contributed by atoms with van der Waals surface area (Å²) in [4.78, 5) is 22.3. The Bertz CT molecular complexity index is 1210. The van der Waals surface area contributed by atoms with Gasteiger partial charge in [0.25, 0.3) is 0 Å². The van der Waals surface area contributed by atoms with Gasteiger partial charge in [-0.3, -0.25) is 0 Å². The van der Waals surface area contributed by atoms with Gasteiger partial charge in [-0.2, -0.15) is 5.10 Å². The largest absolute Gasteiger partial charge is 0.478 e. The number of carboxylic acids is 2. The Hall–Kier alpha value is -4.39. The standard InChI is InChI=1S/C24H19N3O4/c28-23(29)17-8-6-16(7-9-17)22-19(14-25-20-4-2-1-3-5-20)15-27(26-22)21-12-10-18(11-13-21)24(30)31/h1-13,15,25H,14H2,(H,28,29)(H,30,31). The lowest BCUT2D eigenvalue weighted by Crippen LogP contribution is -2.00. The average molecular weight is 413 g/mol. The van der Waals surface area contributed by atoms with Crippen LogP contribution in [0.25, 0.3) is 16.9 Å². The summed E-state index contributed by atoms with van der Waals surface area (Å²) in [5, 5.41) is 26.3. The number of carbonyl (C=O) groups is 2. The molecule has 1 aromatic heterocycles. The number of anilines is 1. The maximum Gasteiger partial charge on any atom is 0.335 e. The molecule has 0 atom stereocenters. The van der Waals surface area contributed by atoms with Gasteiger partial charge < -0.3 is 15.5 Å². The van der Waals surface area contributed by atoms with Crippen LogP contribution in [0.2, 0.25) is 0 Å². The Morgan fingerprint density at radius 1 is 0.806 bits per heavy atom. The van der Waals surface area contributed by atoms with Crippen LogP contribution in [0.15, 0.2) is 85.1 Å². The normalized spacial score (nSPS) is 10.6. The highest BCUT2D eigenvalue weighted by atomic mass is 16.4. The average Bonchev–Trinajstić information content (AvgIpc) is 3.23. The zero-order chi connectivity index (χ0) is 21.8. The summed E-state index contributed by atoms with van der Waals surface area (Å²) in [5.41, 5.74) is 4.50. The molecule has 0 radical (unpaired) electrons. The summed E-state index contributed by atoms with van der Waals surface area (Å²) < 4.78 is 1.69. The second kappa shape index (κ2) is 8.54. The molecule has 0 unspecified atom stereocenters. The Morgan fingerprint density at radius 2 is 1.39 bits per heavy atom. The lowest BCUT2D eigenvalue weighted by Gasteiger charge is -2.06. The van der Waals surface area contributed by atoms with Crippen molar-refractivity contribution in [2.75, 3.05) is 5.32 Å². The summed E-state index contributed by atoms with van der Waals surface area (Å²) in [6, 6.07) is 22.8. The molecule has 31 heavy (non-hydrogen) atoms. The van der Waals surface area contributed by atoms with Gasteiger partial charge in [-0.15, -0.1) is 0 Å². The molecule has 0 saturated carbocycles. The number of hydrogen-bond acceptors (Lipinski definition) is 4. The molecule has 3 aromatic carbocycles. The third kappa shape index (κ3) is 4.45. The van der Waals surface area contributed by atoms with Crippen LogP contribution >= 0.6 is 0 Å². The van der Waals surface area contributed by atoms with Crippen LogP contribution < -0.4 is 5.32 Å². The summed E-state index contributed by atoms with van der Waals surface area (Å²) in [6.45, 7) is 0.507. The third-order valence-corrected chi connectivity index (χ3v) is 4.83. The molecule has 0 amide bonds. The van der Waals surface area contributed by atoms with Crippen molar-refractivity contribution in [3.05, 3.63) is 102 Å². The highest BCUT2D eigenvalue weighted by Crippen LogP contribution is 2.25. The lowest BCUT2D eigenvalue weighted by atomic mass is 10.1. The van der Waals surface area contributed by atoms with Crippen LogP contribution in [0, 0.1) is 0 Å². The van der Waals surface area contributed by atoms with Crippen molar-refractivity contribution in [3.63, 3.8) is 0 Å². The fraction of sp³-hybridized carbons (Fsp3) is 0.0417. The molecule has 0 aliphatic carbocycles. The lowest BCUT2D eigenvalue weighted by molar-refractivity contribution is 0.0686. The second-order valence-electron chi connectivity index (χ2n) is 6.90. The van der Waals surface area contributed by atoms with E-state index in [-0.39, 0.29) is 11.1 Å². The first-order chi connectivity index (χ1) is 15.0. The van der Waals surface area contributed by atoms with Crippen LogP contribution in [-0.4, -0.2) is 31.9 Å². The van der Waals surface area contributed by atoms with Gasteiger partial charge in [0.1, 0.15) is 0 Å². The minimum Gasteiger partial charge on any atom is -0.478 e. The number of carboxylic acid groups (broad SMARTS) is 2. The van der Waals surface area contributed by atoms with Crippen molar-refractivity contribution < 1.29 is 19.8 Å². The van der Waals surface area contributed by atoms with E-state index in [1.807, 2.05) is 36.5 Å². The zero-order valence-corrected chi connectivity index (χ0v) is 16.4. The molecular formula is C24H19N3O4. The quantitative estimate of drug-likeness (QED) is 0.411. The number of rotatable bonds is 7. The Kier molecular flexibility index (Phi) is 5.49. The molecule has 3 N–H and O–H groups in total. The molecule has 0 saturated heterocycles. The molecule has 154 valence electrons. The minimum absolute atomic E-state index is 0.200. The van der Waals surface area contributed by atoms with E-state index in [2.05, 4.69) is 5.32 Å². The highest BCUT2D eigenvalue weighted by molar-refractivity contribution is 5.88. The maximum atomic E-state index is 11.2. The van der Waals surface area contributed by atoms with Gasteiger partial charge in [0, 0.05) is 29.6 Å². The number of aromatic nitrogens is 2. The number of hydrogen-bond donors (Lipinski definition) is 3.